The molecule has 2 saturated carbocycles. The number of hydrogen-bond acceptors (Lipinski definition) is 4. The zero-order chi connectivity index (χ0) is 18.6. The number of thiazole rings is 1. The minimum absolute atomic E-state index is 0.178. The van der Waals surface area contributed by atoms with Crippen LogP contribution >= 0.6 is 11.3 Å². The minimum Gasteiger partial charge on any atom is -0.350 e. The Morgan fingerprint density at radius 1 is 1.04 bits per heavy atom. The second-order valence-electron chi connectivity index (χ2n) is 8.48. The summed E-state index contributed by atoms with van der Waals surface area (Å²) < 4.78 is 0. The monoisotopic (exact) mass is 389 g/mol. The highest BCUT2D eigenvalue weighted by Gasteiger charge is 2.31. The van der Waals surface area contributed by atoms with Crippen molar-refractivity contribution in [2.45, 2.75) is 76.7 Å². The van der Waals surface area contributed by atoms with Gasteiger partial charge in [-0.1, -0.05) is 25.7 Å². The van der Waals surface area contributed by atoms with E-state index in [4.69, 9.17) is 4.98 Å². The van der Waals surface area contributed by atoms with E-state index < -0.39 is 0 Å². The number of aromatic nitrogens is 1. The van der Waals surface area contributed by atoms with Gasteiger partial charge in [-0.2, -0.15) is 0 Å². The van der Waals surface area contributed by atoms with Crippen molar-refractivity contribution >= 4 is 23.2 Å². The fraction of sp³-hybridized carbons (Fsp3) is 0.762. The Morgan fingerprint density at radius 2 is 1.81 bits per heavy atom. The Balaban J connectivity index is 1.30. The van der Waals surface area contributed by atoms with Gasteiger partial charge < -0.3 is 10.2 Å². The maximum atomic E-state index is 12.9. The number of piperidine rings is 1. The molecule has 1 atom stereocenters. The van der Waals surface area contributed by atoms with E-state index in [0.717, 1.165) is 62.3 Å². The van der Waals surface area contributed by atoms with Gasteiger partial charge in [0.1, 0.15) is 0 Å². The van der Waals surface area contributed by atoms with Crippen LogP contribution in [0.25, 0.3) is 0 Å². The molecule has 0 bridgehead atoms. The van der Waals surface area contributed by atoms with Crippen molar-refractivity contribution in [1.82, 2.24) is 15.2 Å². The number of nitrogens with zero attached hydrogens (tertiary/aromatic N) is 2. The SMILES string of the molecule is O=C(NCc1csc(C2CCCN(C(=O)C3CCCCC3)C2)n1)C1CCC1. The van der Waals surface area contributed by atoms with Crippen molar-refractivity contribution < 1.29 is 9.59 Å². The molecule has 1 aromatic heterocycles. The Hall–Kier alpha value is -1.43. The summed E-state index contributed by atoms with van der Waals surface area (Å²) in [4.78, 5) is 31.7. The third-order valence-electron chi connectivity index (χ3n) is 6.53. The minimum atomic E-state index is 0.178. The van der Waals surface area contributed by atoms with Crippen LogP contribution in [0, 0.1) is 11.8 Å². The van der Waals surface area contributed by atoms with Crippen LogP contribution in [-0.2, 0) is 16.1 Å². The second-order valence-corrected chi connectivity index (χ2v) is 9.37. The summed E-state index contributed by atoms with van der Waals surface area (Å²) >= 11 is 1.68. The highest BCUT2D eigenvalue weighted by atomic mass is 32.1. The average Bonchev–Trinajstić information content (AvgIpc) is 3.14. The van der Waals surface area contributed by atoms with Gasteiger partial charge in [0.05, 0.1) is 17.2 Å². The van der Waals surface area contributed by atoms with E-state index in [1.165, 1.54) is 25.7 Å². The summed E-state index contributed by atoms with van der Waals surface area (Å²) in [7, 11) is 0. The number of rotatable bonds is 5. The van der Waals surface area contributed by atoms with Crippen molar-refractivity contribution in [3.8, 4) is 0 Å². The highest BCUT2D eigenvalue weighted by Crippen LogP contribution is 2.32. The lowest BCUT2D eigenvalue weighted by Gasteiger charge is -2.35. The van der Waals surface area contributed by atoms with Gasteiger partial charge in [-0.15, -0.1) is 11.3 Å². The molecule has 27 heavy (non-hydrogen) atoms. The molecule has 6 heteroatoms. The van der Waals surface area contributed by atoms with Crippen molar-refractivity contribution in [2.24, 2.45) is 11.8 Å². The summed E-state index contributed by atoms with van der Waals surface area (Å²) in [5, 5.41) is 6.22. The van der Waals surface area contributed by atoms with Crippen LogP contribution in [-0.4, -0.2) is 34.8 Å². The lowest BCUT2D eigenvalue weighted by Crippen LogP contribution is -2.42. The summed E-state index contributed by atoms with van der Waals surface area (Å²) in [6, 6.07) is 0. The fourth-order valence-electron chi connectivity index (χ4n) is 4.57. The first-order chi connectivity index (χ1) is 13.2. The predicted molar refractivity (Wildman–Crippen MR) is 106 cm³/mol. The molecule has 2 heterocycles. The van der Waals surface area contributed by atoms with Gasteiger partial charge in [0.25, 0.3) is 0 Å². The van der Waals surface area contributed by atoms with Crippen LogP contribution in [0.2, 0.25) is 0 Å². The molecule has 1 aliphatic heterocycles. The van der Waals surface area contributed by atoms with E-state index in [1.807, 2.05) is 0 Å². The van der Waals surface area contributed by atoms with E-state index >= 15 is 0 Å². The molecule has 5 nitrogen and oxygen atoms in total. The van der Waals surface area contributed by atoms with Gasteiger partial charge in [-0.3, -0.25) is 9.59 Å². The summed E-state index contributed by atoms with van der Waals surface area (Å²) in [5.74, 6) is 1.39. The number of likely N-dealkylation sites (tertiary alicyclic amines) is 1. The first-order valence-electron chi connectivity index (χ1n) is 10.7. The molecule has 0 spiro atoms. The van der Waals surface area contributed by atoms with Gasteiger partial charge in [0, 0.05) is 36.2 Å². The van der Waals surface area contributed by atoms with Crippen LogP contribution in [0.5, 0.6) is 0 Å². The third kappa shape index (κ3) is 4.53. The van der Waals surface area contributed by atoms with Crippen LogP contribution < -0.4 is 5.32 Å². The fourth-order valence-corrected chi connectivity index (χ4v) is 5.52. The van der Waals surface area contributed by atoms with Crippen molar-refractivity contribution in [1.29, 1.82) is 0 Å². The van der Waals surface area contributed by atoms with E-state index in [1.54, 1.807) is 11.3 Å². The molecular formula is C21H31N3O2S. The molecule has 1 N–H and O–H groups in total. The lowest BCUT2D eigenvalue weighted by atomic mass is 9.85. The van der Waals surface area contributed by atoms with Gasteiger partial charge in [0.2, 0.25) is 11.8 Å². The first kappa shape index (κ1) is 18.9. The van der Waals surface area contributed by atoms with E-state index in [-0.39, 0.29) is 17.7 Å². The predicted octanol–water partition coefficient (Wildman–Crippen LogP) is 3.85. The summed E-state index contributed by atoms with van der Waals surface area (Å²) in [6.07, 6.45) is 11.2. The van der Waals surface area contributed by atoms with Crippen LogP contribution in [0.1, 0.15) is 80.8 Å². The van der Waals surface area contributed by atoms with Gasteiger partial charge in [0.15, 0.2) is 0 Å². The third-order valence-corrected chi connectivity index (χ3v) is 7.58. The highest BCUT2D eigenvalue weighted by molar-refractivity contribution is 7.09. The Bertz CT molecular complexity index is 664. The van der Waals surface area contributed by atoms with E-state index in [9.17, 15) is 9.59 Å². The Kier molecular flexibility index (Phi) is 6.11. The molecule has 3 aliphatic rings. The number of nitrogens with one attached hydrogen (secondary N) is 1. The van der Waals surface area contributed by atoms with Crippen LogP contribution in [0.4, 0.5) is 0 Å². The molecule has 1 aromatic rings. The van der Waals surface area contributed by atoms with Gasteiger partial charge in [-0.05, 0) is 38.5 Å². The smallest absolute Gasteiger partial charge is 0.225 e. The van der Waals surface area contributed by atoms with Crippen LogP contribution in [0.3, 0.4) is 0 Å². The van der Waals surface area contributed by atoms with Crippen LogP contribution in [0.15, 0.2) is 5.38 Å². The summed E-state index contributed by atoms with van der Waals surface area (Å²) in [6.45, 7) is 2.25. The number of carbonyl (C=O) groups is 2. The normalized spacial score (nSPS) is 24.4. The zero-order valence-electron chi connectivity index (χ0n) is 16.1. The zero-order valence-corrected chi connectivity index (χ0v) is 16.9. The molecule has 0 aromatic carbocycles. The van der Waals surface area contributed by atoms with Crippen molar-refractivity contribution in [2.75, 3.05) is 13.1 Å². The Morgan fingerprint density at radius 3 is 2.56 bits per heavy atom. The molecule has 1 saturated heterocycles. The maximum absolute atomic E-state index is 12.9. The Labute approximate surface area is 165 Å². The number of carbonyl (C=O) groups excluding carboxylic acids is 2. The van der Waals surface area contributed by atoms with Gasteiger partial charge in [-0.25, -0.2) is 4.98 Å². The topological polar surface area (TPSA) is 62.3 Å². The van der Waals surface area contributed by atoms with E-state index in [0.29, 0.717) is 18.4 Å². The molecule has 0 radical (unpaired) electrons. The lowest BCUT2D eigenvalue weighted by molar-refractivity contribution is -0.137. The molecule has 2 aliphatic carbocycles. The molecule has 3 fully saturated rings. The molecule has 2 amide bonds. The first-order valence-corrected chi connectivity index (χ1v) is 11.6. The van der Waals surface area contributed by atoms with E-state index in [2.05, 4.69) is 15.6 Å². The average molecular weight is 390 g/mol. The summed E-state index contributed by atoms with van der Waals surface area (Å²) in [5.41, 5.74) is 0.957. The molecule has 1 unspecified atom stereocenters. The largest absolute Gasteiger partial charge is 0.350 e. The van der Waals surface area contributed by atoms with Gasteiger partial charge >= 0.3 is 0 Å². The number of hydrogen-bond donors (Lipinski definition) is 1. The quantitative estimate of drug-likeness (QED) is 0.832. The standard InChI is InChI=1S/C21H31N3O2S/c25-19(15-8-4-9-15)22-12-18-14-27-20(23-18)17-10-5-11-24(13-17)21(26)16-6-2-1-3-7-16/h14-17H,1-13H2,(H,22,25). The number of amides is 2. The molecular weight excluding hydrogens is 358 g/mol. The second kappa shape index (κ2) is 8.72. The molecule has 4 rings (SSSR count). The maximum Gasteiger partial charge on any atom is 0.225 e. The van der Waals surface area contributed by atoms with Crippen molar-refractivity contribution in [3.63, 3.8) is 0 Å². The van der Waals surface area contributed by atoms with Crippen molar-refractivity contribution in [3.05, 3.63) is 16.1 Å². The molecule has 148 valence electrons.